The predicted octanol–water partition coefficient (Wildman–Crippen LogP) is 3.22. The number of carbonyl (C=O) groups is 2. The van der Waals surface area contributed by atoms with Crippen molar-refractivity contribution in [1.29, 1.82) is 0 Å². The minimum atomic E-state index is -0.195. The summed E-state index contributed by atoms with van der Waals surface area (Å²) in [6, 6.07) is 15.0. The number of rotatable bonds is 6. The Hall–Kier alpha value is -2.09. The van der Waals surface area contributed by atoms with Gasteiger partial charge in [-0.15, -0.1) is 0 Å². The van der Waals surface area contributed by atoms with Crippen LogP contribution in [0.5, 0.6) is 5.75 Å². The Morgan fingerprint density at radius 1 is 1.08 bits per heavy atom. The van der Waals surface area contributed by atoms with Crippen molar-refractivity contribution in [2.24, 2.45) is 0 Å². The molecule has 1 heterocycles. The van der Waals surface area contributed by atoms with Crippen LogP contribution in [0.25, 0.3) is 0 Å². The molecule has 1 saturated heterocycles. The van der Waals surface area contributed by atoms with Crippen LogP contribution in [0.2, 0.25) is 0 Å². The quantitative estimate of drug-likeness (QED) is 0.669. The smallest absolute Gasteiger partial charge is 0.258 e. The molecule has 26 heavy (non-hydrogen) atoms. The van der Waals surface area contributed by atoms with E-state index in [1.807, 2.05) is 53.4 Å². The number of halogens is 1. The molecule has 1 aliphatic rings. The minimum absolute atomic E-state index is 0.0347. The molecular weight excluding hydrogens is 443 g/mol. The molecule has 3 rings (SSSR count). The second-order valence-electron chi connectivity index (χ2n) is 6.22. The first-order chi connectivity index (χ1) is 12.6. The molecule has 0 radical (unpaired) electrons. The summed E-state index contributed by atoms with van der Waals surface area (Å²) in [4.78, 5) is 26.3. The number of hydrogen-bond donors (Lipinski definition) is 1. The molecule has 2 aromatic carbocycles. The minimum Gasteiger partial charge on any atom is -0.484 e. The first kappa shape index (κ1) is 18.7. The Morgan fingerprint density at radius 3 is 2.54 bits per heavy atom. The Kier molecular flexibility index (Phi) is 6.49. The Labute approximate surface area is 166 Å². The van der Waals surface area contributed by atoms with Gasteiger partial charge in [0.2, 0.25) is 0 Å². The van der Waals surface area contributed by atoms with Gasteiger partial charge in [0.1, 0.15) is 5.75 Å². The predicted molar refractivity (Wildman–Crippen MR) is 108 cm³/mol. The third-order valence-corrected chi connectivity index (χ3v) is 4.96. The van der Waals surface area contributed by atoms with Gasteiger partial charge in [0.05, 0.1) is 0 Å². The third-order valence-electron chi connectivity index (χ3n) is 4.24. The van der Waals surface area contributed by atoms with E-state index in [4.69, 9.17) is 4.74 Å². The molecule has 0 bridgehead atoms. The lowest BCUT2D eigenvalue weighted by atomic mass is 10.1. The van der Waals surface area contributed by atoms with Crippen molar-refractivity contribution < 1.29 is 14.3 Å². The molecule has 0 spiro atoms. The van der Waals surface area contributed by atoms with Crippen molar-refractivity contribution in [3.63, 3.8) is 0 Å². The van der Waals surface area contributed by atoms with E-state index in [0.29, 0.717) is 17.9 Å². The standard InChI is InChI=1S/C20H21IN2O3/c21-17-6-8-18(9-7-17)26-14-19(24)22-13-15-4-3-5-16(12-15)20(25)23-10-1-2-11-23/h3-9,12H,1-2,10-11,13-14H2,(H,22,24). The van der Waals surface area contributed by atoms with Gasteiger partial charge in [-0.2, -0.15) is 0 Å². The number of nitrogens with one attached hydrogen (secondary N) is 1. The van der Waals surface area contributed by atoms with E-state index in [-0.39, 0.29) is 18.4 Å². The third kappa shape index (κ3) is 5.20. The summed E-state index contributed by atoms with van der Waals surface area (Å²) in [5.41, 5.74) is 1.58. The monoisotopic (exact) mass is 464 g/mol. The van der Waals surface area contributed by atoms with Crippen LogP contribution in [0, 0.1) is 3.57 Å². The Bertz CT molecular complexity index is 771. The number of benzene rings is 2. The van der Waals surface area contributed by atoms with Crippen molar-refractivity contribution in [2.45, 2.75) is 19.4 Å². The van der Waals surface area contributed by atoms with E-state index in [1.54, 1.807) is 0 Å². The van der Waals surface area contributed by atoms with E-state index < -0.39 is 0 Å². The fourth-order valence-electron chi connectivity index (χ4n) is 2.85. The topological polar surface area (TPSA) is 58.6 Å². The van der Waals surface area contributed by atoms with E-state index in [2.05, 4.69) is 27.9 Å². The Morgan fingerprint density at radius 2 is 1.81 bits per heavy atom. The van der Waals surface area contributed by atoms with Gasteiger partial charge in [-0.05, 0) is 77.4 Å². The van der Waals surface area contributed by atoms with Crippen LogP contribution in [0.1, 0.15) is 28.8 Å². The van der Waals surface area contributed by atoms with Crippen LogP contribution in [0.15, 0.2) is 48.5 Å². The maximum absolute atomic E-state index is 12.4. The summed E-state index contributed by atoms with van der Waals surface area (Å²) < 4.78 is 6.58. The van der Waals surface area contributed by atoms with E-state index in [1.165, 1.54) is 0 Å². The van der Waals surface area contributed by atoms with Crippen LogP contribution in [-0.4, -0.2) is 36.4 Å². The molecule has 5 nitrogen and oxygen atoms in total. The molecule has 2 amide bonds. The van der Waals surface area contributed by atoms with Gasteiger partial charge in [0.15, 0.2) is 6.61 Å². The molecule has 1 aliphatic heterocycles. The van der Waals surface area contributed by atoms with Gasteiger partial charge in [-0.1, -0.05) is 12.1 Å². The van der Waals surface area contributed by atoms with Gasteiger partial charge in [-0.3, -0.25) is 9.59 Å². The molecule has 0 saturated carbocycles. The van der Waals surface area contributed by atoms with E-state index >= 15 is 0 Å². The van der Waals surface area contributed by atoms with E-state index in [0.717, 1.165) is 35.1 Å². The SMILES string of the molecule is O=C(COc1ccc(I)cc1)NCc1cccc(C(=O)N2CCCC2)c1. The fraction of sp³-hybridized carbons (Fsp3) is 0.300. The molecular formula is C20H21IN2O3. The summed E-state index contributed by atoms with van der Waals surface area (Å²) in [7, 11) is 0. The lowest BCUT2D eigenvalue weighted by Gasteiger charge is -2.15. The highest BCUT2D eigenvalue weighted by Gasteiger charge is 2.19. The fourth-order valence-corrected chi connectivity index (χ4v) is 3.21. The molecule has 1 fully saturated rings. The van der Waals surface area contributed by atoms with Gasteiger partial charge in [0, 0.05) is 28.8 Å². The van der Waals surface area contributed by atoms with Crippen LogP contribution in [0.3, 0.4) is 0 Å². The highest BCUT2D eigenvalue weighted by molar-refractivity contribution is 14.1. The van der Waals surface area contributed by atoms with Crippen LogP contribution >= 0.6 is 22.6 Å². The largest absolute Gasteiger partial charge is 0.484 e. The average molecular weight is 464 g/mol. The average Bonchev–Trinajstić information content (AvgIpc) is 3.20. The first-order valence-electron chi connectivity index (χ1n) is 8.65. The van der Waals surface area contributed by atoms with Crippen molar-refractivity contribution in [3.05, 3.63) is 63.2 Å². The normalized spacial score (nSPS) is 13.5. The Balaban J connectivity index is 1.49. The summed E-state index contributed by atoms with van der Waals surface area (Å²) in [5.74, 6) is 0.538. The number of likely N-dealkylation sites (tertiary alicyclic amines) is 1. The van der Waals surface area contributed by atoms with Gasteiger partial charge in [-0.25, -0.2) is 0 Å². The lowest BCUT2D eigenvalue weighted by molar-refractivity contribution is -0.123. The van der Waals surface area contributed by atoms with Gasteiger partial charge in [0.25, 0.3) is 11.8 Å². The second-order valence-corrected chi connectivity index (χ2v) is 7.46. The molecule has 2 aromatic rings. The molecule has 0 aliphatic carbocycles. The summed E-state index contributed by atoms with van der Waals surface area (Å²) in [6.07, 6.45) is 2.14. The summed E-state index contributed by atoms with van der Waals surface area (Å²) in [5, 5.41) is 2.83. The van der Waals surface area contributed by atoms with Crippen LogP contribution in [-0.2, 0) is 11.3 Å². The number of amides is 2. The van der Waals surface area contributed by atoms with Crippen LogP contribution in [0.4, 0.5) is 0 Å². The van der Waals surface area contributed by atoms with Gasteiger partial charge < -0.3 is 15.0 Å². The molecule has 136 valence electrons. The number of ether oxygens (including phenoxy) is 1. The first-order valence-corrected chi connectivity index (χ1v) is 9.73. The highest BCUT2D eigenvalue weighted by atomic mass is 127. The maximum Gasteiger partial charge on any atom is 0.258 e. The van der Waals surface area contributed by atoms with Crippen molar-refractivity contribution in [1.82, 2.24) is 10.2 Å². The zero-order valence-electron chi connectivity index (χ0n) is 14.4. The number of hydrogen-bond acceptors (Lipinski definition) is 3. The highest BCUT2D eigenvalue weighted by Crippen LogP contribution is 2.15. The summed E-state index contributed by atoms with van der Waals surface area (Å²) >= 11 is 2.22. The zero-order chi connectivity index (χ0) is 18.4. The molecule has 0 unspecified atom stereocenters. The number of nitrogens with zero attached hydrogens (tertiary/aromatic N) is 1. The molecule has 6 heteroatoms. The zero-order valence-corrected chi connectivity index (χ0v) is 16.6. The van der Waals surface area contributed by atoms with Crippen molar-refractivity contribution >= 4 is 34.4 Å². The summed E-state index contributed by atoms with van der Waals surface area (Å²) in [6.45, 7) is 1.99. The maximum atomic E-state index is 12.4. The second kappa shape index (κ2) is 9.02. The van der Waals surface area contributed by atoms with Crippen molar-refractivity contribution in [3.8, 4) is 5.75 Å². The van der Waals surface area contributed by atoms with E-state index in [9.17, 15) is 9.59 Å². The molecule has 0 atom stereocenters. The van der Waals surface area contributed by atoms with Gasteiger partial charge >= 0.3 is 0 Å². The lowest BCUT2D eigenvalue weighted by Crippen LogP contribution is -2.29. The number of carbonyl (C=O) groups excluding carboxylic acids is 2. The molecule has 1 N–H and O–H groups in total. The van der Waals surface area contributed by atoms with Crippen LogP contribution < -0.4 is 10.1 Å². The van der Waals surface area contributed by atoms with Crippen molar-refractivity contribution in [2.75, 3.05) is 19.7 Å². The molecule has 0 aromatic heterocycles.